The van der Waals surface area contributed by atoms with Gasteiger partial charge in [-0.05, 0) is 36.8 Å². The van der Waals surface area contributed by atoms with E-state index in [1.807, 2.05) is 30.3 Å². The van der Waals surface area contributed by atoms with Crippen LogP contribution in [-0.2, 0) is 26.2 Å². The van der Waals surface area contributed by atoms with Crippen LogP contribution >= 0.6 is 0 Å². The van der Waals surface area contributed by atoms with E-state index in [2.05, 4.69) is 5.32 Å². The average Bonchev–Trinajstić information content (AvgIpc) is 2.59. The minimum absolute atomic E-state index is 0.0731. The van der Waals surface area contributed by atoms with Crippen LogP contribution in [0.3, 0.4) is 0 Å². The van der Waals surface area contributed by atoms with Crippen molar-refractivity contribution in [1.29, 1.82) is 0 Å². The molecule has 0 saturated heterocycles. The molecule has 0 aromatic heterocycles. The first-order valence-electron chi connectivity index (χ1n) is 7.58. The van der Waals surface area contributed by atoms with E-state index in [0.29, 0.717) is 18.8 Å². The van der Waals surface area contributed by atoms with Crippen LogP contribution in [0.1, 0.15) is 12.5 Å². The fraction of sp³-hybridized carbons (Fsp3) is 0.176. The van der Waals surface area contributed by atoms with Crippen LogP contribution in [0.15, 0.2) is 59.5 Å². The maximum atomic E-state index is 12.3. The maximum Gasteiger partial charge on any atom is 0.313 e. The third-order valence-corrected chi connectivity index (χ3v) is 4.45. The second-order valence-corrected chi connectivity index (χ2v) is 6.89. The lowest BCUT2D eigenvalue weighted by Crippen LogP contribution is -2.39. The third-order valence-electron chi connectivity index (χ3n) is 3.52. The van der Waals surface area contributed by atoms with Gasteiger partial charge in [0.15, 0.2) is 0 Å². The monoisotopic (exact) mass is 361 g/mol. The summed E-state index contributed by atoms with van der Waals surface area (Å²) in [5.74, 6) is -1.46. The molecule has 0 aliphatic carbocycles. The molecular weight excluding hydrogens is 342 g/mol. The summed E-state index contributed by atoms with van der Waals surface area (Å²) in [6.07, 6.45) is 0. The molecule has 0 aliphatic rings. The van der Waals surface area contributed by atoms with E-state index in [-0.39, 0.29) is 4.90 Å². The minimum Gasteiger partial charge on any atom is -0.330 e. The lowest BCUT2D eigenvalue weighted by Gasteiger charge is -2.20. The van der Waals surface area contributed by atoms with Crippen LogP contribution in [-0.4, -0.2) is 31.7 Å². The van der Waals surface area contributed by atoms with Crippen molar-refractivity contribution < 1.29 is 18.0 Å². The van der Waals surface area contributed by atoms with Gasteiger partial charge in [-0.1, -0.05) is 30.3 Å². The Balaban J connectivity index is 2.04. The van der Waals surface area contributed by atoms with Gasteiger partial charge < -0.3 is 10.2 Å². The van der Waals surface area contributed by atoms with Gasteiger partial charge in [0, 0.05) is 18.8 Å². The van der Waals surface area contributed by atoms with Gasteiger partial charge >= 0.3 is 11.8 Å². The molecular formula is C17H19N3O4S. The zero-order valence-corrected chi connectivity index (χ0v) is 14.5. The molecule has 2 amide bonds. The Bertz CT molecular complexity index is 849. The third kappa shape index (κ3) is 5.13. The van der Waals surface area contributed by atoms with E-state index in [0.717, 1.165) is 5.56 Å². The highest BCUT2D eigenvalue weighted by molar-refractivity contribution is 7.89. The summed E-state index contributed by atoms with van der Waals surface area (Å²) in [6, 6.07) is 14.6. The molecule has 0 radical (unpaired) electrons. The number of primary sulfonamides is 1. The second kappa shape index (κ2) is 7.91. The van der Waals surface area contributed by atoms with Crippen molar-refractivity contribution in [1.82, 2.24) is 4.90 Å². The predicted octanol–water partition coefficient (Wildman–Crippen LogP) is 1.32. The molecule has 0 spiro atoms. The molecule has 0 bridgehead atoms. The predicted molar refractivity (Wildman–Crippen MR) is 94.0 cm³/mol. The van der Waals surface area contributed by atoms with Gasteiger partial charge in [-0.15, -0.1) is 0 Å². The number of nitrogens with two attached hydrogens (primary N) is 1. The van der Waals surface area contributed by atoms with Crippen molar-refractivity contribution in [3.63, 3.8) is 0 Å². The average molecular weight is 361 g/mol. The number of hydrogen-bond donors (Lipinski definition) is 2. The summed E-state index contributed by atoms with van der Waals surface area (Å²) in [5.41, 5.74) is 1.23. The van der Waals surface area contributed by atoms with Crippen LogP contribution in [0.2, 0.25) is 0 Å². The smallest absolute Gasteiger partial charge is 0.313 e. The maximum absolute atomic E-state index is 12.3. The van der Waals surface area contributed by atoms with Crippen LogP contribution in [0.4, 0.5) is 5.69 Å². The molecule has 0 saturated carbocycles. The van der Waals surface area contributed by atoms with Crippen molar-refractivity contribution in [3.05, 3.63) is 60.2 Å². The second-order valence-electron chi connectivity index (χ2n) is 5.33. The fourth-order valence-corrected chi connectivity index (χ4v) is 2.70. The molecule has 8 heteroatoms. The van der Waals surface area contributed by atoms with Gasteiger partial charge in [-0.2, -0.15) is 0 Å². The highest BCUT2D eigenvalue weighted by Crippen LogP contribution is 2.13. The highest BCUT2D eigenvalue weighted by Gasteiger charge is 2.21. The number of nitrogens with zero attached hydrogens (tertiary/aromatic N) is 1. The Morgan fingerprint density at radius 2 is 1.64 bits per heavy atom. The SMILES string of the molecule is CCN(Cc1ccccc1)C(=O)C(=O)Nc1ccc(S(N)(=O)=O)cc1. The normalized spacial score (nSPS) is 11.0. The molecule has 132 valence electrons. The Kier molecular flexibility index (Phi) is 5.89. The van der Waals surface area contributed by atoms with Crippen molar-refractivity contribution >= 4 is 27.5 Å². The summed E-state index contributed by atoms with van der Waals surface area (Å²) in [4.78, 5) is 25.8. The molecule has 7 nitrogen and oxygen atoms in total. The molecule has 25 heavy (non-hydrogen) atoms. The van der Waals surface area contributed by atoms with Gasteiger partial charge in [-0.3, -0.25) is 9.59 Å². The fourth-order valence-electron chi connectivity index (χ4n) is 2.19. The van der Waals surface area contributed by atoms with Gasteiger partial charge in [0.25, 0.3) is 0 Å². The van der Waals surface area contributed by atoms with E-state index >= 15 is 0 Å². The number of hydrogen-bond acceptors (Lipinski definition) is 4. The summed E-state index contributed by atoms with van der Waals surface area (Å²) in [5, 5.41) is 7.47. The van der Waals surface area contributed by atoms with E-state index in [1.165, 1.54) is 29.2 Å². The van der Waals surface area contributed by atoms with Crippen molar-refractivity contribution in [3.8, 4) is 0 Å². The highest BCUT2D eigenvalue weighted by atomic mass is 32.2. The zero-order chi connectivity index (χ0) is 18.4. The van der Waals surface area contributed by atoms with Gasteiger partial charge in [0.05, 0.1) is 4.90 Å². The first-order valence-corrected chi connectivity index (χ1v) is 9.13. The first-order chi connectivity index (χ1) is 11.8. The Labute approximate surface area is 146 Å². The van der Waals surface area contributed by atoms with Gasteiger partial charge in [-0.25, -0.2) is 13.6 Å². The molecule has 3 N–H and O–H groups in total. The summed E-state index contributed by atoms with van der Waals surface area (Å²) in [7, 11) is -3.80. The number of rotatable bonds is 5. The summed E-state index contributed by atoms with van der Waals surface area (Å²) in [6.45, 7) is 2.49. The van der Waals surface area contributed by atoms with E-state index < -0.39 is 21.8 Å². The van der Waals surface area contributed by atoms with Gasteiger partial charge in [0.1, 0.15) is 0 Å². The van der Waals surface area contributed by atoms with Crippen LogP contribution in [0.25, 0.3) is 0 Å². The summed E-state index contributed by atoms with van der Waals surface area (Å²) >= 11 is 0. The number of sulfonamides is 1. The largest absolute Gasteiger partial charge is 0.330 e. The standard InChI is InChI=1S/C17H19N3O4S/c1-2-20(12-13-6-4-3-5-7-13)17(22)16(21)19-14-8-10-15(11-9-14)25(18,23)24/h3-11H,2,12H2,1H3,(H,19,21)(H2,18,23,24). The zero-order valence-electron chi connectivity index (χ0n) is 13.7. The molecule has 0 aliphatic heterocycles. The van der Waals surface area contributed by atoms with Crippen LogP contribution in [0.5, 0.6) is 0 Å². The molecule has 2 rings (SSSR count). The van der Waals surface area contributed by atoms with Crippen LogP contribution in [0, 0.1) is 0 Å². The van der Waals surface area contributed by atoms with E-state index in [1.54, 1.807) is 6.92 Å². The molecule has 2 aromatic carbocycles. The first kappa shape index (κ1) is 18.6. The van der Waals surface area contributed by atoms with E-state index in [4.69, 9.17) is 5.14 Å². The number of nitrogens with one attached hydrogen (secondary N) is 1. The number of carbonyl (C=O) groups excluding carboxylic acids is 2. The number of likely N-dealkylation sites (N-methyl/N-ethyl adjacent to an activating group) is 1. The molecule has 0 atom stereocenters. The van der Waals surface area contributed by atoms with Crippen molar-refractivity contribution in [2.24, 2.45) is 5.14 Å². The quantitative estimate of drug-likeness (QED) is 0.783. The number of anilines is 1. The molecule has 2 aromatic rings. The minimum atomic E-state index is -3.80. The topological polar surface area (TPSA) is 110 Å². The van der Waals surface area contributed by atoms with Gasteiger partial charge in [0.2, 0.25) is 10.0 Å². The Hall–Kier alpha value is -2.71. The van der Waals surface area contributed by atoms with Crippen LogP contribution < -0.4 is 10.5 Å². The number of carbonyl (C=O) groups is 2. The molecule has 0 unspecified atom stereocenters. The van der Waals surface area contributed by atoms with Crippen molar-refractivity contribution in [2.45, 2.75) is 18.4 Å². The number of amides is 2. The lowest BCUT2D eigenvalue weighted by atomic mass is 10.2. The Morgan fingerprint density at radius 1 is 1.04 bits per heavy atom. The molecule has 0 heterocycles. The molecule has 0 fully saturated rings. The summed E-state index contributed by atoms with van der Waals surface area (Å²) < 4.78 is 22.4. The van der Waals surface area contributed by atoms with Crippen molar-refractivity contribution in [2.75, 3.05) is 11.9 Å². The number of benzene rings is 2. The van der Waals surface area contributed by atoms with E-state index in [9.17, 15) is 18.0 Å². The Morgan fingerprint density at radius 3 is 2.16 bits per heavy atom. The lowest BCUT2D eigenvalue weighted by molar-refractivity contribution is -0.143.